The number of nitrogens with two attached hydrogens (primary N) is 1. The van der Waals surface area contributed by atoms with Crippen LogP contribution in [0.3, 0.4) is 0 Å². The number of nitrogens with one attached hydrogen (secondary N) is 1. The maximum atomic E-state index is 11.2. The first kappa shape index (κ1) is 24.1. The molecule has 1 saturated heterocycles. The predicted molar refractivity (Wildman–Crippen MR) is 139 cm³/mol. The summed E-state index contributed by atoms with van der Waals surface area (Å²) in [6, 6.07) is 28.7. The Balaban J connectivity index is 1.13. The molecular weight excluding hydrogens is 454 g/mol. The Morgan fingerprint density at radius 2 is 1.64 bits per heavy atom. The number of ether oxygens (including phenoxy) is 2. The van der Waals surface area contributed by atoms with E-state index in [1.165, 1.54) is 11.1 Å². The lowest BCUT2D eigenvalue weighted by molar-refractivity contribution is -0.117. The number of aromatic amines is 1. The number of hydrogen-bond donors (Lipinski definition) is 3. The van der Waals surface area contributed by atoms with Crippen molar-refractivity contribution in [2.75, 3.05) is 26.3 Å². The highest BCUT2D eigenvalue weighted by atomic mass is 16.5. The van der Waals surface area contributed by atoms with E-state index in [-0.39, 0.29) is 31.8 Å². The SMILES string of the molecule is NC(=O)Cc1cc2c(OCC(O)COC3CN(C(c4ccccc4)c4ccccc4)C3)cccc2[nH]1. The Morgan fingerprint density at radius 1 is 0.972 bits per heavy atom. The molecule has 4 aromatic rings. The number of likely N-dealkylation sites (tertiary alicyclic amines) is 1. The first-order valence-corrected chi connectivity index (χ1v) is 12.2. The summed E-state index contributed by atoms with van der Waals surface area (Å²) < 4.78 is 11.9. The summed E-state index contributed by atoms with van der Waals surface area (Å²) in [7, 11) is 0. The van der Waals surface area contributed by atoms with Gasteiger partial charge in [-0.3, -0.25) is 9.69 Å². The molecule has 0 saturated carbocycles. The number of nitrogens with zero attached hydrogens (tertiary/aromatic N) is 1. The summed E-state index contributed by atoms with van der Waals surface area (Å²) in [5.74, 6) is 0.243. The lowest BCUT2D eigenvalue weighted by Crippen LogP contribution is -2.54. The number of H-pyrrole nitrogens is 1. The second-order valence-electron chi connectivity index (χ2n) is 9.25. The minimum absolute atomic E-state index is 0.0686. The molecule has 0 spiro atoms. The van der Waals surface area contributed by atoms with Crippen LogP contribution in [0.4, 0.5) is 0 Å². The third kappa shape index (κ3) is 5.60. The highest BCUT2D eigenvalue weighted by molar-refractivity contribution is 5.88. The second kappa shape index (κ2) is 11.0. The first-order chi connectivity index (χ1) is 17.6. The van der Waals surface area contributed by atoms with Gasteiger partial charge in [0.25, 0.3) is 0 Å². The fraction of sp³-hybridized carbons (Fsp3) is 0.276. The lowest BCUT2D eigenvalue weighted by atomic mass is 9.94. The molecule has 1 fully saturated rings. The van der Waals surface area contributed by atoms with Crippen molar-refractivity contribution < 1.29 is 19.4 Å². The number of aliphatic hydroxyl groups excluding tert-OH is 1. The van der Waals surface area contributed by atoms with E-state index >= 15 is 0 Å². The Hall–Kier alpha value is -3.65. The van der Waals surface area contributed by atoms with Crippen LogP contribution in [0.1, 0.15) is 22.9 Å². The minimum atomic E-state index is -0.752. The normalized spacial score (nSPS) is 15.2. The summed E-state index contributed by atoms with van der Waals surface area (Å²) in [5.41, 5.74) is 9.41. The molecule has 1 aromatic heterocycles. The number of rotatable bonds is 11. The molecule has 0 radical (unpaired) electrons. The Kier molecular flexibility index (Phi) is 7.32. The van der Waals surface area contributed by atoms with Gasteiger partial charge >= 0.3 is 0 Å². The van der Waals surface area contributed by atoms with E-state index in [0.29, 0.717) is 5.75 Å². The van der Waals surface area contributed by atoms with Crippen molar-refractivity contribution in [3.8, 4) is 5.75 Å². The molecule has 7 heteroatoms. The predicted octanol–water partition coefficient (Wildman–Crippen LogP) is 3.43. The van der Waals surface area contributed by atoms with Gasteiger partial charge in [0.1, 0.15) is 18.5 Å². The van der Waals surface area contributed by atoms with Crippen LogP contribution in [0, 0.1) is 0 Å². The molecule has 36 heavy (non-hydrogen) atoms. The molecule has 186 valence electrons. The Labute approximate surface area is 210 Å². The molecule has 1 atom stereocenters. The van der Waals surface area contributed by atoms with E-state index in [1.807, 2.05) is 36.4 Å². The first-order valence-electron chi connectivity index (χ1n) is 12.2. The summed E-state index contributed by atoms with van der Waals surface area (Å²) in [6.45, 7) is 1.92. The molecule has 4 N–H and O–H groups in total. The maximum absolute atomic E-state index is 11.2. The van der Waals surface area contributed by atoms with Gasteiger partial charge in [0.05, 0.1) is 25.2 Å². The van der Waals surface area contributed by atoms with Crippen LogP contribution < -0.4 is 10.5 Å². The quantitative estimate of drug-likeness (QED) is 0.302. The van der Waals surface area contributed by atoms with E-state index < -0.39 is 12.0 Å². The van der Waals surface area contributed by atoms with Crippen LogP contribution in [0.5, 0.6) is 5.75 Å². The number of benzene rings is 3. The standard InChI is InChI=1S/C29H31N3O4/c30-28(34)15-22-14-25-26(31-22)12-7-13-27(25)36-19-23(33)18-35-24-16-32(17-24)29(20-8-3-1-4-9-20)21-10-5-2-6-11-21/h1-14,23-24,29,31,33H,15-19H2,(H2,30,34). The molecule has 0 bridgehead atoms. The summed E-state index contributed by atoms with van der Waals surface area (Å²) >= 11 is 0. The van der Waals surface area contributed by atoms with E-state index in [0.717, 1.165) is 29.7 Å². The average molecular weight is 486 g/mol. The van der Waals surface area contributed by atoms with Crippen molar-refractivity contribution in [2.24, 2.45) is 5.73 Å². The van der Waals surface area contributed by atoms with Crippen LogP contribution in [0.25, 0.3) is 10.9 Å². The highest BCUT2D eigenvalue weighted by Gasteiger charge is 2.34. The minimum Gasteiger partial charge on any atom is -0.490 e. The fourth-order valence-corrected chi connectivity index (χ4v) is 4.75. The number of hydrogen-bond acceptors (Lipinski definition) is 5. The van der Waals surface area contributed by atoms with Crippen LogP contribution in [-0.2, 0) is 16.0 Å². The second-order valence-corrected chi connectivity index (χ2v) is 9.25. The van der Waals surface area contributed by atoms with Crippen molar-refractivity contribution in [2.45, 2.75) is 24.7 Å². The van der Waals surface area contributed by atoms with Crippen LogP contribution in [0.2, 0.25) is 0 Å². The van der Waals surface area contributed by atoms with Crippen LogP contribution in [-0.4, -0.2) is 59.4 Å². The van der Waals surface area contributed by atoms with Gasteiger partial charge in [-0.05, 0) is 29.3 Å². The zero-order valence-electron chi connectivity index (χ0n) is 20.0. The Bertz CT molecular complexity index is 1250. The number of carbonyl (C=O) groups excluding carboxylic acids is 1. The lowest BCUT2D eigenvalue weighted by Gasteiger charge is -2.44. The zero-order valence-corrected chi connectivity index (χ0v) is 20.0. The van der Waals surface area contributed by atoms with Crippen LogP contribution >= 0.6 is 0 Å². The van der Waals surface area contributed by atoms with E-state index in [2.05, 4.69) is 58.4 Å². The van der Waals surface area contributed by atoms with Crippen molar-refractivity contribution in [3.05, 3.63) is 102 Å². The number of primary amides is 1. The third-order valence-corrected chi connectivity index (χ3v) is 6.47. The number of amides is 1. The summed E-state index contributed by atoms with van der Waals surface area (Å²) in [4.78, 5) is 16.8. The van der Waals surface area contributed by atoms with Gasteiger partial charge in [0.15, 0.2) is 0 Å². The number of carbonyl (C=O) groups is 1. The largest absolute Gasteiger partial charge is 0.490 e. The molecule has 5 rings (SSSR count). The molecule has 2 heterocycles. The molecule has 1 aliphatic heterocycles. The molecule has 3 aromatic carbocycles. The van der Waals surface area contributed by atoms with Crippen molar-refractivity contribution >= 4 is 16.8 Å². The Morgan fingerprint density at radius 3 is 2.28 bits per heavy atom. The molecule has 7 nitrogen and oxygen atoms in total. The van der Waals surface area contributed by atoms with E-state index in [9.17, 15) is 9.90 Å². The van der Waals surface area contributed by atoms with E-state index in [1.54, 1.807) is 0 Å². The monoisotopic (exact) mass is 485 g/mol. The molecular formula is C29H31N3O4. The van der Waals surface area contributed by atoms with Crippen molar-refractivity contribution in [1.82, 2.24) is 9.88 Å². The molecule has 1 aliphatic rings. The van der Waals surface area contributed by atoms with Gasteiger partial charge in [-0.25, -0.2) is 0 Å². The maximum Gasteiger partial charge on any atom is 0.223 e. The summed E-state index contributed by atoms with van der Waals surface area (Å²) in [5, 5.41) is 11.3. The van der Waals surface area contributed by atoms with E-state index in [4.69, 9.17) is 15.2 Å². The summed E-state index contributed by atoms with van der Waals surface area (Å²) in [6.07, 6.45) is -0.547. The molecule has 1 amide bonds. The number of aliphatic hydroxyl groups is 1. The average Bonchev–Trinajstić information content (AvgIpc) is 3.27. The van der Waals surface area contributed by atoms with Gasteiger partial charge in [0, 0.05) is 29.7 Å². The fourth-order valence-electron chi connectivity index (χ4n) is 4.75. The van der Waals surface area contributed by atoms with Gasteiger partial charge in [-0.1, -0.05) is 66.7 Å². The zero-order chi connectivity index (χ0) is 24.9. The van der Waals surface area contributed by atoms with Gasteiger partial charge in [0.2, 0.25) is 5.91 Å². The highest BCUT2D eigenvalue weighted by Crippen LogP contribution is 2.33. The number of fused-ring (bicyclic) bond motifs is 1. The van der Waals surface area contributed by atoms with Gasteiger partial charge in [-0.15, -0.1) is 0 Å². The van der Waals surface area contributed by atoms with Gasteiger partial charge in [-0.2, -0.15) is 0 Å². The number of aromatic nitrogens is 1. The van der Waals surface area contributed by atoms with Gasteiger partial charge < -0.3 is 25.3 Å². The van der Waals surface area contributed by atoms with Crippen LogP contribution in [0.15, 0.2) is 84.9 Å². The van der Waals surface area contributed by atoms with Crippen molar-refractivity contribution in [1.29, 1.82) is 0 Å². The topological polar surface area (TPSA) is 101 Å². The third-order valence-electron chi connectivity index (χ3n) is 6.47. The molecule has 0 aliphatic carbocycles. The molecule has 1 unspecified atom stereocenters. The smallest absolute Gasteiger partial charge is 0.223 e. The van der Waals surface area contributed by atoms with Crippen molar-refractivity contribution in [3.63, 3.8) is 0 Å².